The molecule has 2 aromatic heterocycles. The molecular formula is C20H13FN6. The molecule has 6 nitrogen and oxygen atoms in total. The molecule has 3 heterocycles. The monoisotopic (exact) mass is 356 g/mol. The highest BCUT2D eigenvalue weighted by Crippen LogP contribution is 2.31. The van der Waals surface area contributed by atoms with Crippen LogP contribution in [0.15, 0.2) is 76.4 Å². The fourth-order valence-corrected chi connectivity index (χ4v) is 3.19. The first-order valence-corrected chi connectivity index (χ1v) is 8.42. The molecule has 0 unspecified atom stereocenters. The van der Waals surface area contributed by atoms with Crippen LogP contribution in [-0.4, -0.2) is 22.2 Å². The molecule has 1 aliphatic heterocycles. The van der Waals surface area contributed by atoms with Gasteiger partial charge in [0.05, 0.1) is 11.2 Å². The number of anilines is 2. The molecule has 1 aliphatic rings. The molecule has 0 amide bonds. The summed E-state index contributed by atoms with van der Waals surface area (Å²) in [5.41, 5.74) is 3.17. The molecule has 4 aromatic rings. The van der Waals surface area contributed by atoms with E-state index in [1.165, 1.54) is 12.1 Å². The lowest BCUT2D eigenvalue weighted by molar-refractivity contribution is 0.628. The normalized spacial score (nSPS) is 13.3. The maximum atomic E-state index is 13.6. The number of nitrogens with one attached hydrogen (secondary N) is 1. The van der Waals surface area contributed by atoms with Crippen molar-refractivity contribution in [3.05, 3.63) is 72.3 Å². The van der Waals surface area contributed by atoms with Crippen LogP contribution in [0, 0.1) is 5.82 Å². The van der Waals surface area contributed by atoms with Crippen LogP contribution in [-0.2, 0) is 0 Å². The zero-order chi connectivity index (χ0) is 18.2. The molecule has 7 heteroatoms. The molecule has 0 spiro atoms. The third-order valence-corrected chi connectivity index (χ3v) is 4.47. The van der Waals surface area contributed by atoms with Gasteiger partial charge in [0.2, 0.25) is 0 Å². The quantitative estimate of drug-likeness (QED) is 0.534. The molecule has 2 aromatic carbocycles. The SMILES string of the molecule is Fc1cccc(Nc2nc3cc(C4=NN=NC4)ccc3c3cnccc23)c1. The molecule has 1 N–H and O–H groups in total. The predicted octanol–water partition coefficient (Wildman–Crippen LogP) is 4.84. The molecule has 0 fully saturated rings. The second-order valence-electron chi connectivity index (χ2n) is 6.18. The largest absolute Gasteiger partial charge is 0.340 e. The molecule has 0 saturated carbocycles. The summed E-state index contributed by atoms with van der Waals surface area (Å²) >= 11 is 0. The molecular weight excluding hydrogens is 343 g/mol. The van der Waals surface area contributed by atoms with Crippen molar-refractivity contribution in [2.24, 2.45) is 15.4 Å². The predicted molar refractivity (Wildman–Crippen MR) is 103 cm³/mol. The van der Waals surface area contributed by atoms with Gasteiger partial charge in [0.1, 0.15) is 18.2 Å². The van der Waals surface area contributed by atoms with E-state index in [-0.39, 0.29) is 5.82 Å². The fourth-order valence-electron chi connectivity index (χ4n) is 3.19. The second-order valence-corrected chi connectivity index (χ2v) is 6.18. The average Bonchev–Trinajstić information content (AvgIpc) is 3.23. The van der Waals surface area contributed by atoms with Gasteiger partial charge in [0.15, 0.2) is 0 Å². The number of benzene rings is 2. The van der Waals surface area contributed by atoms with Gasteiger partial charge in [0, 0.05) is 39.8 Å². The average molecular weight is 356 g/mol. The minimum absolute atomic E-state index is 0.305. The van der Waals surface area contributed by atoms with E-state index in [1.807, 2.05) is 30.5 Å². The van der Waals surface area contributed by atoms with Crippen molar-refractivity contribution in [3.8, 4) is 0 Å². The molecule has 0 atom stereocenters. The smallest absolute Gasteiger partial charge is 0.139 e. The zero-order valence-electron chi connectivity index (χ0n) is 14.1. The Hall–Kier alpha value is -3.74. The van der Waals surface area contributed by atoms with Crippen LogP contribution in [0.25, 0.3) is 21.7 Å². The van der Waals surface area contributed by atoms with Gasteiger partial charge in [-0.2, -0.15) is 5.11 Å². The van der Waals surface area contributed by atoms with Gasteiger partial charge in [0.25, 0.3) is 0 Å². The van der Waals surface area contributed by atoms with E-state index in [0.29, 0.717) is 18.1 Å². The molecule has 5 rings (SSSR count). The summed E-state index contributed by atoms with van der Waals surface area (Å²) in [5.74, 6) is 0.339. The Balaban J connectivity index is 1.70. The zero-order valence-corrected chi connectivity index (χ0v) is 14.1. The number of rotatable bonds is 3. The third-order valence-electron chi connectivity index (χ3n) is 4.47. The number of pyridine rings is 2. The standard InChI is InChI=1S/C20H13FN6/c21-13-2-1-3-14(9-13)24-20-16-6-7-22-10-17(16)15-5-4-12(8-18(15)25-20)19-11-23-27-26-19/h1-10H,11H2,(H,24,25). The molecule has 0 aliphatic carbocycles. The number of nitrogens with zero attached hydrogens (tertiary/aromatic N) is 5. The Morgan fingerprint density at radius 3 is 2.78 bits per heavy atom. The minimum atomic E-state index is -0.305. The maximum absolute atomic E-state index is 13.6. The first-order valence-electron chi connectivity index (χ1n) is 8.42. The van der Waals surface area contributed by atoms with Crippen LogP contribution < -0.4 is 5.32 Å². The van der Waals surface area contributed by atoms with E-state index in [2.05, 4.69) is 25.7 Å². The topological polar surface area (TPSA) is 74.9 Å². The molecule has 0 bridgehead atoms. The van der Waals surface area contributed by atoms with Gasteiger partial charge < -0.3 is 5.32 Å². The van der Waals surface area contributed by atoms with Gasteiger partial charge in [-0.1, -0.05) is 18.2 Å². The Morgan fingerprint density at radius 2 is 1.93 bits per heavy atom. The molecule has 0 saturated heterocycles. The lowest BCUT2D eigenvalue weighted by Gasteiger charge is -2.12. The van der Waals surface area contributed by atoms with Crippen molar-refractivity contribution in [3.63, 3.8) is 0 Å². The van der Waals surface area contributed by atoms with Crippen molar-refractivity contribution < 1.29 is 4.39 Å². The van der Waals surface area contributed by atoms with Gasteiger partial charge in [-0.05, 0) is 35.6 Å². The van der Waals surface area contributed by atoms with Crippen molar-refractivity contribution >= 4 is 38.9 Å². The Bertz CT molecular complexity index is 1250. The maximum Gasteiger partial charge on any atom is 0.139 e. The number of fused-ring (bicyclic) bond motifs is 3. The number of aromatic nitrogens is 2. The van der Waals surface area contributed by atoms with E-state index >= 15 is 0 Å². The number of hydrogen-bond acceptors (Lipinski definition) is 6. The second kappa shape index (κ2) is 6.21. The van der Waals surface area contributed by atoms with Crippen LogP contribution >= 0.6 is 0 Å². The van der Waals surface area contributed by atoms with Gasteiger partial charge in [-0.15, -0.1) is 5.10 Å². The lowest BCUT2D eigenvalue weighted by Crippen LogP contribution is -2.02. The van der Waals surface area contributed by atoms with Crippen molar-refractivity contribution in [2.75, 3.05) is 11.9 Å². The summed E-state index contributed by atoms with van der Waals surface area (Å²) in [6.07, 6.45) is 3.53. The summed E-state index contributed by atoms with van der Waals surface area (Å²) < 4.78 is 13.6. The number of hydrogen-bond donors (Lipinski definition) is 1. The summed E-state index contributed by atoms with van der Waals surface area (Å²) in [7, 11) is 0. The summed E-state index contributed by atoms with van der Waals surface area (Å²) in [6, 6.07) is 14.2. The third kappa shape index (κ3) is 2.79. The summed E-state index contributed by atoms with van der Waals surface area (Å²) in [6.45, 7) is 0.467. The fraction of sp³-hybridized carbons (Fsp3) is 0.0500. The minimum Gasteiger partial charge on any atom is -0.340 e. The van der Waals surface area contributed by atoms with Crippen molar-refractivity contribution in [1.82, 2.24) is 9.97 Å². The van der Waals surface area contributed by atoms with E-state index < -0.39 is 0 Å². The van der Waals surface area contributed by atoms with E-state index in [1.54, 1.807) is 18.3 Å². The van der Waals surface area contributed by atoms with Gasteiger partial charge in [-0.25, -0.2) is 9.37 Å². The van der Waals surface area contributed by atoms with E-state index in [4.69, 9.17) is 4.98 Å². The molecule has 0 radical (unpaired) electrons. The lowest BCUT2D eigenvalue weighted by atomic mass is 10.0. The Morgan fingerprint density at radius 1 is 0.963 bits per heavy atom. The van der Waals surface area contributed by atoms with Gasteiger partial charge in [-0.3, -0.25) is 4.98 Å². The Kier molecular flexibility index (Phi) is 3.57. The Labute approximate surface area is 153 Å². The molecule has 130 valence electrons. The van der Waals surface area contributed by atoms with E-state index in [9.17, 15) is 4.39 Å². The number of halogens is 1. The van der Waals surface area contributed by atoms with Crippen LogP contribution in [0.2, 0.25) is 0 Å². The van der Waals surface area contributed by atoms with Gasteiger partial charge >= 0.3 is 0 Å². The van der Waals surface area contributed by atoms with Crippen LogP contribution in [0.4, 0.5) is 15.9 Å². The highest BCUT2D eigenvalue weighted by molar-refractivity contribution is 6.12. The van der Waals surface area contributed by atoms with Crippen LogP contribution in [0.3, 0.4) is 0 Å². The molecule has 27 heavy (non-hydrogen) atoms. The summed E-state index contributed by atoms with van der Waals surface area (Å²) in [5, 5.41) is 17.7. The highest BCUT2D eigenvalue weighted by Gasteiger charge is 2.13. The van der Waals surface area contributed by atoms with Crippen LogP contribution in [0.1, 0.15) is 5.56 Å². The first-order chi connectivity index (χ1) is 13.3. The summed E-state index contributed by atoms with van der Waals surface area (Å²) in [4.78, 5) is 9.04. The highest BCUT2D eigenvalue weighted by atomic mass is 19.1. The van der Waals surface area contributed by atoms with Crippen LogP contribution in [0.5, 0.6) is 0 Å². The first kappa shape index (κ1) is 15.5. The van der Waals surface area contributed by atoms with E-state index in [0.717, 1.165) is 33.0 Å². The van der Waals surface area contributed by atoms with Crippen molar-refractivity contribution in [1.29, 1.82) is 0 Å². The van der Waals surface area contributed by atoms with Crippen molar-refractivity contribution in [2.45, 2.75) is 0 Å².